The lowest BCUT2D eigenvalue weighted by Crippen LogP contribution is -2.29. The number of ketones is 1. The van der Waals surface area contributed by atoms with Crippen LogP contribution in [0.5, 0.6) is 5.75 Å². The number of pyridine rings is 1. The number of Topliss-reactive ketones (excluding diaryl/α,β-unsaturated/α-hetero) is 1. The molecule has 1 atom stereocenters. The number of aromatic amines is 1. The first kappa shape index (κ1) is 26.9. The van der Waals surface area contributed by atoms with Crippen molar-refractivity contribution in [1.82, 2.24) is 4.90 Å². The Morgan fingerprint density at radius 2 is 1.62 bits per heavy atom. The molecule has 40 heavy (non-hydrogen) atoms. The SMILES string of the molecule is Cc1cccc(COc2ccc(/C([O-])=C3\C(=O)C(=O)N(Cc4cc[nH+]cc4)C3c3ccc(C(C)C)cc3)cc2)c1. The second-order valence-corrected chi connectivity index (χ2v) is 10.4. The van der Waals surface area contributed by atoms with Gasteiger partial charge in [0.2, 0.25) is 5.78 Å². The molecule has 1 N–H and O–H groups in total. The molecule has 0 bridgehead atoms. The average Bonchev–Trinajstić information content (AvgIpc) is 3.21. The number of likely N-dealkylation sites (tertiary alicyclic amines) is 1. The number of H-pyrrole nitrogens is 1. The molecule has 1 aliphatic rings. The largest absolute Gasteiger partial charge is 0.872 e. The normalized spacial score (nSPS) is 16.5. The first-order valence-corrected chi connectivity index (χ1v) is 13.4. The van der Waals surface area contributed by atoms with E-state index in [9.17, 15) is 14.7 Å². The van der Waals surface area contributed by atoms with E-state index in [1.165, 1.54) is 4.90 Å². The third kappa shape index (κ3) is 5.66. The minimum absolute atomic E-state index is 0.0294. The molecule has 1 fully saturated rings. The molecule has 1 aliphatic heterocycles. The van der Waals surface area contributed by atoms with Crippen molar-refractivity contribution in [2.75, 3.05) is 0 Å². The lowest BCUT2D eigenvalue weighted by Gasteiger charge is -2.28. The minimum Gasteiger partial charge on any atom is -0.872 e. The van der Waals surface area contributed by atoms with Gasteiger partial charge in [0.15, 0.2) is 12.4 Å². The number of ether oxygens (including phenoxy) is 1. The minimum atomic E-state index is -0.782. The maximum Gasteiger partial charge on any atom is 0.295 e. The Labute approximate surface area is 234 Å². The topological polar surface area (TPSA) is 83.8 Å². The van der Waals surface area contributed by atoms with Gasteiger partial charge in [0.25, 0.3) is 5.91 Å². The van der Waals surface area contributed by atoms with Gasteiger partial charge in [-0.25, -0.2) is 4.98 Å². The zero-order valence-corrected chi connectivity index (χ0v) is 22.9. The Morgan fingerprint density at radius 3 is 2.27 bits per heavy atom. The molecule has 0 spiro atoms. The lowest BCUT2D eigenvalue weighted by molar-refractivity contribution is -0.378. The van der Waals surface area contributed by atoms with Crippen LogP contribution in [0.1, 0.15) is 59.2 Å². The van der Waals surface area contributed by atoms with Crippen LogP contribution in [0.2, 0.25) is 0 Å². The zero-order valence-electron chi connectivity index (χ0n) is 22.9. The van der Waals surface area contributed by atoms with Crippen molar-refractivity contribution < 1.29 is 24.4 Å². The Kier molecular flexibility index (Phi) is 7.78. The molecular formula is C34H32N2O4. The van der Waals surface area contributed by atoms with E-state index in [1.54, 1.807) is 36.7 Å². The number of hydrogen-bond donors (Lipinski definition) is 0. The molecule has 0 radical (unpaired) electrons. The highest BCUT2D eigenvalue weighted by Crippen LogP contribution is 2.40. The number of nitrogens with one attached hydrogen (secondary N) is 1. The number of nitrogens with zero attached hydrogens (tertiary/aromatic N) is 1. The van der Waals surface area contributed by atoms with Crippen LogP contribution in [0, 0.1) is 6.92 Å². The molecular weight excluding hydrogens is 500 g/mol. The van der Waals surface area contributed by atoms with Gasteiger partial charge in [0.1, 0.15) is 12.4 Å². The standard InChI is InChI=1S/C34H32N2O4/c1-22(2)26-7-9-27(10-8-26)31-30(33(38)34(39)36(31)20-24-15-17-35-18-16-24)32(37)28-11-13-29(14-12-28)40-21-25-6-4-5-23(3)19-25/h4-19,22,31,37H,20-21H2,1-3H3/b32-30+. The van der Waals surface area contributed by atoms with E-state index < -0.39 is 23.5 Å². The molecule has 4 aromatic rings. The fraction of sp³-hybridized carbons (Fsp3) is 0.206. The molecule has 2 heterocycles. The molecule has 6 heteroatoms. The Hall–Kier alpha value is -4.71. The quantitative estimate of drug-likeness (QED) is 0.183. The molecule has 5 rings (SSSR count). The van der Waals surface area contributed by atoms with Gasteiger partial charge in [-0.2, -0.15) is 0 Å². The smallest absolute Gasteiger partial charge is 0.295 e. The summed E-state index contributed by atoms with van der Waals surface area (Å²) >= 11 is 0. The first-order valence-electron chi connectivity index (χ1n) is 13.4. The van der Waals surface area contributed by atoms with E-state index in [0.29, 0.717) is 23.8 Å². The van der Waals surface area contributed by atoms with Crippen molar-refractivity contribution in [3.63, 3.8) is 0 Å². The molecule has 202 valence electrons. The number of aromatic nitrogens is 1. The Bertz CT molecular complexity index is 1540. The predicted octanol–water partition coefficient (Wildman–Crippen LogP) is 4.94. The lowest BCUT2D eigenvalue weighted by atomic mass is 9.93. The van der Waals surface area contributed by atoms with Gasteiger partial charge >= 0.3 is 0 Å². The zero-order chi connectivity index (χ0) is 28.2. The Morgan fingerprint density at radius 1 is 0.925 bits per heavy atom. The van der Waals surface area contributed by atoms with Crippen molar-refractivity contribution in [2.24, 2.45) is 0 Å². The molecule has 1 saturated heterocycles. The number of hydrogen-bond acceptors (Lipinski definition) is 4. The molecule has 1 amide bonds. The summed E-state index contributed by atoms with van der Waals surface area (Å²) in [6.07, 6.45) is 3.53. The number of rotatable bonds is 8. The number of amides is 1. The van der Waals surface area contributed by atoms with Gasteiger partial charge in [-0.05, 0) is 52.8 Å². The van der Waals surface area contributed by atoms with E-state index in [2.05, 4.69) is 24.9 Å². The van der Waals surface area contributed by atoms with Crippen molar-refractivity contribution in [2.45, 2.75) is 45.9 Å². The van der Waals surface area contributed by atoms with E-state index >= 15 is 0 Å². The summed E-state index contributed by atoms with van der Waals surface area (Å²) in [4.78, 5) is 31.1. The molecule has 0 saturated carbocycles. The van der Waals surface area contributed by atoms with Crippen LogP contribution in [0.15, 0.2) is 103 Å². The van der Waals surface area contributed by atoms with Crippen LogP contribution in [0.4, 0.5) is 0 Å². The van der Waals surface area contributed by atoms with Gasteiger partial charge in [-0.1, -0.05) is 85.8 Å². The van der Waals surface area contributed by atoms with Gasteiger partial charge in [-0.3, -0.25) is 9.59 Å². The molecule has 1 aromatic heterocycles. The van der Waals surface area contributed by atoms with Crippen molar-refractivity contribution in [3.8, 4) is 5.75 Å². The summed E-state index contributed by atoms with van der Waals surface area (Å²) in [5, 5.41) is 13.8. The third-order valence-electron chi connectivity index (χ3n) is 7.19. The van der Waals surface area contributed by atoms with Crippen molar-refractivity contribution >= 4 is 17.4 Å². The Balaban J connectivity index is 1.48. The van der Waals surface area contributed by atoms with Gasteiger partial charge in [0.05, 0.1) is 6.04 Å². The van der Waals surface area contributed by atoms with Gasteiger partial charge < -0.3 is 14.7 Å². The molecule has 6 nitrogen and oxygen atoms in total. The van der Waals surface area contributed by atoms with Crippen molar-refractivity contribution in [1.29, 1.82) is 0 Å². The van der Waals surface area contributed by atoms with E-state index in [4.69, 9.17) is 4.74 Å². The fourth-order valence-electron chi connectivity index (χ4n) is 4.99. The third-order valence-corrected chi connectivity index (χ3v) is 7.19. The van der Waals surface area contributed by atoms with E-state index in [1.807, 2.05) is 61.5 Å². The summed E-state index contributed by atoms with van der Waals surface area (Å²) in [6.45, 7) is 6.85. The van der Waals surface area contributed by atoms with Crippen LogP contribution in [0.25, 0.3) is 5.76 Å². The van der Waals surface area contributed by atoms with Crippen molar-refractivity contribution in [3.05, 3.63) is 136 Å². The molecule has 1 unspecified atom stereocenters. The van der Waals surface area contributed by atoms with E-state index in [-0.39, 0.29) is 12.1 Å². The van der Waals surface area contributed by atoms with Crippen LogP contribution in [-0.4, -0.2) is 16.6 Å². The number of aryl methyl sites for hydroxylation is 1. The summed E-state index contributed by atoms with van der Waals surface area (Å²) in [5.74, 6) is -0.947. The highest BCUT2D eigenvalue weighted by Gasteiger charge is 2.44. The molecule has 3 aromatic carbocycles. The number of benzene rings is 3. The predicted molar refractivity (Wildman–Crippen MR) is 151 cm³/mol. The average molecular weight is 533 g/mol. The number of carbonyl (C=O) groups is 2. The second-order valence-electron chi connectivity index (χ2n) is 10.4. The van der Waals surface area contributed by atoms with Gasteiger partial charge in [-0.15, -0.1) is 0 Å². The highest BCUT2D eigenvalue weighted by molar-refractivity contribution is 6.46. The van der Waals surface area contributed by atoms with Crippen LogP contribution >= 0.6 is 0 Å². The highest BCUT2D eigenvalue weighted by atomic mass is 16.5. The van der Waals surface area contributed by atoms with E-state index in [0.717, 1.165) is 27.8 Å². The fourth-order valence-corrected chi connectivity index (χ4v) is 4.99. The number of carbonyl (C=O) groups excluding carboxylic acids is 2. The summed E-state index contributed by atoms with van der Waals surface area (Å²) in [6, 6.07) is 25.5. The first-order chi connectivity index (χ1) is 19.3. The maximum absolute atomic E-state index is 13.8. The van der Waals surface area contributed by atoms with Crippen LogP contribution in [-0.2, 0) is 22.7 Å². The summed E-state index contributed by atoms with van der Waals surface area (Å²) < 4.78 is 5.90. The maximum atomic E-state index is 13.8. The summed E-state index contributed by atoms with van der Waals surface area (Å²) in [5.41, 5.74) is 5.23. The summed E-state index contributed by atoms with van der Waals surface area (Å²) in [7, 11) is 0. The van der Waals surface area contributed by atoms with Crippen LogP contribution < -0.4 is 14.8 Å². The van der Waals surface area contributed by atoms with Crippen LogP contribution in [0.3, 0.4) is 0 Å². The second kappa shape index (κ2) is 11.6. The van der Waals surface area contributed by atoms with Gasteiger partial charge in [0, 0.05) is 24.3 Å². The monoisotopic (exact) mass is 532 g/mol. The molecule has 0 aliphatic carbocycles.